The van der Waals surface area contributed by atoms with Crippen LogP contribution in [0.15, 0.2) is 30.3 Å². The zero-order valence-electron chi connectivity index (χ0n) is 8.68. The second-order valence-electron chi connectivity index (χ2n) is 3.49. The highest BCUT2D eigenvalue weighted by atomic mass is 79.9. The summed E-state index contributed by atoms with van der Waals surface area (Å²) in [5, 5.41) is 0. The molecule has 78 valence electrons. The molecular formula is C13H14BrN. The van der Waals surface area contributed by atoms with E-state index in [2.05, 4.69) is 42.0 Å². The van der Waals surface area contributed by atoms with Crippen molar-refractivity contribution in [2.24, 2.45) is 0 Å². The highest BCUT2D eigenvalue weighted by Gasteiger charge is 2.16. The predicted molar refractivity (Wildman–Crippen MR) is 71.4 cm³/mol. The van der Waals surface area contributed by atoms with Crippen molar-refractivity contribution < 1.29 is 0 Å². The minimum atomic E-state index is 0. The van der Waals surface area contributed by atoms with Gasteiger partial charge in [-0.2, -0.15) is 0 Å². The van der Waals surface area contributed by atoms with E-state index in [1.165, 1.54) is 11.3 Å². The summed E-state index contributed by atoms with van der Waals surface area (Å²) >= 11 is 0. The third kappa shape index (κ3) is 2.24. The average Bonchev–Trinajstić information content (AvgIpc) is 2.23. The molecule has 1 aliphatic rings. The standard InChI is InChI=1S/C13H13N.BrH/c1-3-10-14-11(2)8-9-12-6-4-5-7-13(12)14;/h1,4-9,11H,10H2,2H3;1H. The number of benzene rings is 1. The highest BCUT2D eigenvalue weighted by molar-refractivity contribution is 8.93. The molecule has 0 saturated heterocycles. The van der Waals surface area contributed by atoms with Gasteiger partial charge in [0.1, 0.15) is 0 Å². The Hall–Kier alpha value is -1.20. The molecule has 1 atom stereocenters. The third-order valence-electron chi connectivity index (χ3n) is 2.55. The van der Waals surface area contributed by atoms with Crippen molar-refractivity contribution >= 4 is 28.7 Å². The Morgan fingerprint density at radius 2 is 2.13 bits per heavy atom. The summed E-state index contributed by atoms with van der Waals surface area (Å²) in [7, 11) is 0. The van der Waals surface area contributed by atoms with Crippen LogP contribution in [-0.2, 0) is 0 Å². The zero-order chi connectivity index (χ0) is 9.97. The minimum absolute atomic E-state index is 0. The van der Waals surface area contributed by atoms with E-state index in [9.17, 15) is 0 Å². The van der Waals surface area contributed by atoms with Gasteiger partial charge in [-0.25, -0.2) is 0 Å². The van der Waals surface area contributed by atoms with Crippen molar-refractivity contribution in [3.8, 4) is 12.3 Å². The quantitative estimate of drug-likeness (QED) is 0.704. The molecule has 1 nitrogen and oxygen atoms in total. The van der Waals surface area contributed by atoms with Gasteiger partial charge in [0.15, 0.2) is 0 Å². The third-order valence-corrected chi connectivity index (χ3v) is 2.55. The molecule has 0 saturated carbocycles. The van der Waals surface area contributed by atoms with E-state index in [0.717, 1.165) is 0 Å². The summed E-state index contributed by atoms with van der Waals surface area (Å²) in [4.78, 5) is 2.23. The molecule has 0 radical (unpaired) electrons. The first kappa shape index (κ1) is 11.9. The van der Waals surface area contributed by atoms with Gasteiger partial charge in [0.05, 0.1) is 6.54 Å². The molecule has 0 amide bonds. The lowest BCUT2D eigenvalue weighted by Crippen LogP contribution is -2.34. The molecule has 2 heteroatoms. The summed E-state index contributed by atoms with van der Waals surface area (Å²) in [5.74, 6) is 2.70. The normalized spacial score (nSPS) is 17.6. The maximum Gasteiger partial charge on any atom is 0.0798 e. The Balaban J connectivity index is 0.00000112. The van der Waals surface area contributed by atoms with Crippen molar-refractivity contribution in [1.82, 2.24) is 0 Å². The summed E-state index contributed by atoms with van der Waals surface area (Å²) in [6.45, 7) is 2.83. The molecule has 0 N–H and O–H groups in total. The SMILES string of the molecule is Br.C#CCN1c2ccccc2C=CC1C. The second kappa shape index (κ2) is 5.04. The highest BCUT2D eigenvalue weighted by Crippen LogP contribution is 2.27. The number of nitrogens with zero attached hydrogens (tertiary/aromatic N) is 1. The van der Waals surface area contributed by atoms with E-state index in [1.807, 2.05) is 12.1 Å². The van der Waals surface area contributed by atoms with Crippen LogP contribution in [0, 0.1) is 12.3 Å². The molecule has 0 aromatic heterocycles. The molecule has 0 aliphatic carbocycles. The van der Waals surface area contributed by atoms with Gasteiger partial charge in [0.2, 0.25) is 0 Å². The van der Waals surface area contributed by atoms with Crippen LogP contribution in [0.1, 0.15) is 12.5 Å². The lowest BCUT2D eigenvalue weighted by molar-refractivity contribution is 0.785. The van der Waals surface area contributed by atoms with Gasteiger partial charge >= 0.3 is 0 Å². The number of hydrogen-bond donors (Lipinski definition) is 0. The van der Waals surface area contributed by atoms with Crippen molar-refractivity contribution in [3.63, 3.8) is 0 Å². The number of halogens is 1. The second-order valence-corrected chi connectivity index (χ2v) is 3.49. The zero-order valence-corrected chi connectivity index (χ0v) is 10.4. The van der Waals surface area contributed by atoms with Crippen LogP contribution in [0.5, 0.6) is 0 Å². The van der Waals surface area contributed by atoms with Crippen LogP contribution in [-0.4, -0.2) is 12.6 Å². The Morgan fingerprint density at radius 1 is 1.40 bits per heavy atom. The Kier molecular flexibility index (Phi) is 3.99. The number of fused-ring (bicyclic) bond motifs is 1. The van der Waals surface area contributed by atoms with E-state index in [-0.39, 0.29) is 17.0 Å². The van der Waals surface area contributed by atoms with Crippen molar-refractivity contribution in [1.29, 1.82) is 0 Å². The Bertz CT molecular complexity index is 403. The summed E-state index contributed by atoms with van der Waals surface area (Å²) in [5.41, 5.74) is 2.49. The maximum absolute atomic E-state index is 5.36. The van der Waals surface area contributed by atoms with Crippen LogP contribution in [0.25, 0.3) is 6.08 Å². The first-order chi connectivity index (χ1) is 6.83. The van der Waals surface area contributed by atoms with Gasteiger partial charge < -0.3 is 4.90 Å². The molecule has 0 spiro atoms. The van der Waals surface area contributed by atoms with E-state index in [4.69, 9.17) is 6.42 Å². The number of rotatable bonds is 1. The molecule has 1 aromatic carbocycles. The fourth-order valence-corrected chi connectivity index (χ4v) is 1.78. The molecule has 2 rings (SSSR count). The van der Waals surface area contributed by atoms with E-state index in [0.29, 0.717) is 12.6 Å². The Morgan fingerprint density at radius 3 is 2.87 bits per heavy atom. The molecular weight excluding hydrogens is 250 g/mol. The number of terminal acetylenes is 1. The van der Waals surface area contributed by atoms with Crippen molar-refractivity contribution in [2.75, 3.05) is 11.4 Å². The van der Waals surface area contributed by atoms with Gasteiger partial charge in [-0.3, -0.25) is 0 Å². The van der Waals surface area contributed by atoms with E-state index in [1.54, 1.807) is 0 Å². The molecule has 15 heavy (non-hydrogen) atoms. The van der Waals surface area contributed by atoms with Gasteiger partial charge in [-0.1, -0.05) is 36.3 Å². The Labute approximate surface area is 102 Å². The maximum atomic E-state index is 5.36. The molecule has 1 aliphatic heterocycles. The van der Waals surface area contributed by atoms with Gasteiger partial charge in [0.25, 0.3) is 0 Å². The molecule has 1 aromatic rings. The van der Waals surface area contributed by atoms with Gasteiger partial charge in [-0.05, 0) is 18.6 Å². The first-order valence-corrected chi connectivity index (χ1v) is 4.80. The summed E-state index contributed by atoms with van der Waals surface area (Å²) in [6.07, 6.45) is 9.70. The molecule has 0 bridgehead atoms. The van der Waals surface area contributed by atoms with Crippen LogP contribution < -0.4 is 4.90 Å². The van der Waals surface area contributed by atoms with E-state index < -0.39 is 0 Å². The fraction of sp³-hybridized carbons (Fsp3) is 0.231. The average molecular weight is 264 g/mol. The van der Waals surface area contributed by atoms with Crippen LogP contribution >= 0.6 is 17.0 Å². The van der Waals surface area contributed by atoms with E-state index >= 15 is 0 Å². The largest absolute Gasteiger partial charge is 0.354 e. The van der Waals surface area contributed by atoms with Crippen LogP contribution in [0.3, 0.4) is 0 Å². The van der Waals surface area contributed by atoms with Crippen LogP contribution in [0.2, 0.25) is 0 Å². The lowest BCUT2D eigenvalue weighted by Gasteiger charge is -2.32. The molecule has 1 unspecified atom stereocenters. The van der Waals surface area contributed by atoms with Gasteiger partial charge in [0, 0.05) is 11.7 Å². The number of anilines is 1. The van der Waals surface area contributed by atoms with Crippen molar-refractivity contribution in [2.45, 2.75) is 13.0 Å². The first-order valence-electron chi connectivity index (χ1n) is 4.80. The summed E-state index contributed by atoms with van der Waals surface area (Å²) < 4.78 is 0. The number of para-hydroxylation sites is 1. The topological polar surface area (TPSA) is 3.24 Å². The monoisotopic (exact) mass is 263 g/mol. The van der Waals surface area contributed by atoms with Crippen molar-refractivity contribution in [3.05, 3.63) is 35.9 Å². The van der Waals surface area contributed by atoms with Crippen LogP contribution in [0.4, 0.5) is 5.69 Å². The predicted octanol–water partition coefficient (Wildman–Crippen LogP) is 3.12. The fourth-order valence-electron chi connectivity index (χ4n) is 1.78. The number of hydrogen-bond acceptors (Lipinski definition) is 1. The lowest BCUT2D eigenvalue weighted by atomic mass is 10.0. The molecule has 0 fully saturated rings. The van der Waals surface area contributed by atoms with Gasteiger partial charge in [-0.15, -0.1) is 23.4 Å². The smallest absolute Gasteiger partial charge is 0.0798 e. The molecule has 1 heterocycles. The summed E-state index contributed by atoms with van der Waals surface area (Å²) in [6, 6.07) is 8.72. The minimum Gasteiger partial charge on any atom is -0.354 e.